The number of hydrogen-bond acceptors (Lipinski definition) is 14. The minimum Gasteiger partial charge on any atom is -0.464 e. The molecule has 6 bridgehead atoms. The Labute approximate surface area is 392 Å². The molecule has 2 amide bonds. The number of hydrazine groups is 1. The fraction of sp³-hybridized carbons (Fsp3) is 0.612. The van der Waals surface area contributed by atoms with Gasteiger partial charge in [0.1, 0.15) is 29.3 Å². The topological polar surface area (TPSA) is 162 Å². The van der Waals surface area contributed by atoms with Crippen LogP contribution in [0.5, 0.6) is 0 Å². The molecule has 8 rings (SSSR count). The van der Waals surface area contributed by atoms with Gasteiger partial charge < -0.3 is 43.4 Å². The number of aromatic nitrogens is 3. The number of fused-ring (bicyclic) bond motifs is 6. The molecule has 3 aromatic heterocycles. The van der Waals surface area contributed by atoms with Crippen molar-refractivity contribution in [2.24, 2.45) is 5.41 Å². The van der Waals surface area contributed by atoms with Gasteiger partial charge in [-0.15, -0.1) is 11.3 Å². The molecule has 66 heavy (non-hydrogen) atoms. The van der Waals surface area contributed by atoms with E-state index in [1.54, 1.807) is 7.11 Å². The van der Waals surface area contributed by atoms with E-state index in [2.05, 4.69) is 70.3 Å². The van der Waals surface area contributed by atoms with Crippen molar-refractivity contribution >= 4 is 45.7 Å². The van der Waals surface area contributed by atoms with Gasteiger partial charge in [-0.05, 0) is 90.6 Å². The number of carbonyl (C=O) groups excluding carboxylic acids is 3. The number of hydrogen-bond donors (Lipinski definition) is 2. The number of piperazine rings is 1. The van der Waals surface area contributed by atoms with Crippen molar-refractivity contribution in [1.29, 1.82) is 0 Å². The number of esters is 1. The number of nitrogens with one attached hydrogen (secondary N) is 2. The lowest BCUT2D eigenvalue weighted by atomic mass is 9.84. The van der Waals surface area contributed by atoms with E-state index >= 15 is 0 Å². The van der Waals surface area contributed by atoms with Gasteiger partial charge in [-0.2, -0.15) is 0 Å². The molecule has 0 saturated carbocycles. The quantitative estimate of drug-likeness (QED) is 0.158. The fourth-order valence-electron chi connectivity index (χ4n) is 9.53. The maximum Gasteiger partial charge on any atom is 0.324 e. The van der Waals surface area contributed by atoms with E-state index < -0.39 is 41.6 Å². The number of anilines is 1. The standard InChI is InChI=1S/C49H68N8O8S/c1-9-62-44-42(52-45(58)40-13-11-22-64-40)47(59)57-16-10-12-37(53-57)48(60)65-29-49(5,6)26-36-34-24-32(38-28-66-46(44)51-38)14-15-39(34)56(21-23-63-30(2)3)43(36)35-25-33(27-50-41(35)31(4)61-8)55-19-17-54(7)18-20-55/h14-15,24-25,27-28,30-31,37,40,42,44,53H,9-13,16-23,26,29H2,1-8H3,(H,52,58)/t31-,37-,40-,42-,44-/m0/s1. The lowest BCUT2D eigenvalue weighted by Gasteiger charge is -2.37. The van der Waals surface area contributed by atoms with Gasteiger partial charge in [-0.25, -0.2) is 10.4 Å². The van der Waals surface area contributed by atoms with Gasteiger partial charge in [0.25, 0.3) is 5.91 Å². The lowest BCUT2D eigenvalue weighted by molar-refractivity contribution is -0.157. The van der Waals surface area contributed by atoms with Crippen molar-refractivity contribution in [1.82, 2.24) is 35.2 Å². The van der Waals surface area contributed by atoms with Crippen molar-refractivity contribution < 1.29 is 38.1 Å². The van der Waals surface area contributed by atoms with Gasteiger partial charge in [0, 0.05) is 92.4 Å². The summed E-state index contributed by atoms with van der Waals surface area (Å²) >= 11 is 1.39. The number of thiazole rings is 1. The Bertz CT molecular complexity index is 2350. The molecule has 16 nitrogen and oxygen atoms in total. The van der Waals surface area contributed by atoms with Crippen LogP contribution >= 0.6 is 11.3 Å². The van der Waals surface area contributed by atoms with Crippen LogP contribution in [0, 0.1) is 5.41 Å². The van der Waals surface area contributed by atoms with Crippen LogP contribution < -0.4 is 15.6 Å². The SMILES string of the molecule is CCO[C@@H]1c2nc(cs2)-c2ccc3c(c2)c(c(-c2cc(N4CCN(C)CC4)cnc2[C@H](C)OC)n3CCOC(C)C)CC(C)(C)COC(=O)[C@@H]2CCCN(N2)C(=O)[C@H]1NC(=O)[C@@H]1CCCO1. The maximum absolute atomic E-state index is 14.7. The zero-order valence-electron chi connectivity index (χ0n) is 39.9. The van der Waals surface area contributed by atoms with E-state index in [4.69, 9.17) is 33.7 Å². The summed E-state index contributed by atoms with van der Waals surface area (Å²) < 4.78 is 32.9. The van der Waals surface area contributed by atoms with Crippen molar-refractivity contribution in [3.63, 3.8) is 0 Å². The molecular weight excluding hydrogens is 861 g/mol. The van der Waals surface area contributed by atoms with Crippen LogP contribution in [-0.4, -0.2) is 140 Å². The molecule has 358 valence electrons. The van der Waals surface area contributed by atoms with Crippen LogP contribution in [0.15, 0.2) is 35.8 Å². The average Bonchev–Trinajstić information content (AvgIpc) is 4.10. The van der Waals surface area contributed by atoms with E-state index in [9.17, 15) is 14.4 Å². The first-order valence-corrected chi connectivity index (χ1v) is 24.6. The summed E-state index contributed by atoms with van der Waals surface area (Å²) in [6.07, 6.45) is 3.03. The Balaban J connectivity index is 1.32. The molecule has 2 N–H and O–H groups in total. The number of ether oxygens (including phenoxy) is 5. The van der Waals surface area contributed by atoms with Crippen LogP contribution in [0.25, 0.3) is 33.4 Å². The van der Waals surface area contributed by atoms with Crippen molar-refractivity contribution in [2.75, 3.05) is 78.2 Å². The minimum atomic E-state index is -1.15. The average molecular weight is 929 g/mol. The van der Waals surface area contributed by atoms with Gasteiger partial charge in [0.2, 0.25) is 5.91 Å². The van der Waals surface area contributed by atoms with Crippen LogP contribution in [0.1, 0.15) is 95.7 Å². The van der Waals surface area contributed by atoms with Crippen molar-refractivity contribution in [2.45, 2.75) is 117 Å². The number of pyridine rings is 1. The predicted molar refractivity (Wildman–Crippen MR) is 254 cm³/mol. The second kappa shape index (κ2) is 20.8. The largest absolute Gasteiger partial charge is 0.464 e. The third kappa shape index (κ3) is 10.5. The smallest absolute Gasteiger partial charge is 0.324 e. The Kier molecular flexibility index (Phi) is 15.1. The van der Waals surface area contributed by atoms with Gasteiger partial charge in [-0.1, -0.05) is 19.9 Å². The summed E-state index contributed by atoms with van der Waals surface area (Å²) in [6.45, 7) is 18.2. The number of cyclic esters (lactones) is 1. The molecule has 0 radical (unpaired) electrons. The first kappa shape index (κ1) is 48.0. The summed E-state index contributed by atoms with van der Waals surface area (Å²) in [5.41, 5.74) is 10.2. The number of nitrogens with zero attached hydrogens (tertiary/aromatic N) is 6. The molecule has 4 aliphatic rings. The highest BCUT2D eigenvalue weighted by Crippen LogP contribution is 2.43. The highest BCUT2D eigenvalue weighted by atomic mass is 32.1. The summed E-state index contributed by atoms with van der Waals surface area (Å²) in [4.78, 5) is 57.5. The third-order valence-corrected chi connectivity index (χ3v) is 14.1. The number of likely N-dealkylation sites (N-methyl/N-ethyl adjacent to an activating group) is 1. The molecule has 0 aliphatic carbocycles. The summed E-state index contributed by atoms with van der Waals surface area (Å²) in [7, 11) is 3.88. The molecule has 7 heterocycles. The molecule has 5 atom stereocenters. The van der Waals surface area contributed by atoms with Gasteiger partial charge in [0.15, 0.2) is 0 Å². The first-order valence-electron chi connectivity index (χ1n) is 23.7. The van der Waals surface area contributed by atoms with E-state index in [1.807, 2.05) is 39.3 Å². The van der Waals surface area contributed by atoms with Gasteiger partial charge in [-0.3, -0.25) is 24.4 Å². The summed E-state index contributed by atoms with van der Waals surface area (Å²) in [6, 6.07) is 6.80. The Morgan fingerprint density at radius 1 is 1.08 bits per heavy atom. The Morgan fingerprint density at radius 3 is 2.61 bits per heavy atom. The monoisotopic (exact) mass is 928 g/mol. The lowest BCUT2D eigenvalue weighted by Crippen LogP contribution is -2.62. The summed E-state index contributed by atoms with van der Waals surface area (Å²) in [5.74, 6) is -1.25. The molecule has 0 unspecified atom stereocenters. The molecular formula is C49H68N8O8S. The second-order valence-electron chi connectivity index (χ2n) is 19.1. The van der Waals surface area contributed by atoms with E-state index in [1.165, 1.54) is 16.3 Å². The highest BCUT2D eigenvalue weighted by molar-refractivity contribution is 7.10. The van der Waals surface area contributed by atoms with Crippen LogP contribution in [0.3, 0.4) is 0 Å². The Hall–Kier alpha value is -4.49. The Morgan fingerprint density at radius 2 is 1.88 bits per heavy atom. The van der Waals surface area contributed by atoms with E-state index in [0.29, 0.717) is 57.0 Å². The zero-order valence-corrected chi connectivity index (χ0v) is 40.7. The molecule has 4 aromatic rings. The number of rotatable bonds is 12. The third-order valence-electron chi connectivity index (χ3n) is 13.2. The number of benzene rings is 1. The summed E-state index contributed by atoms with van der Waals surface area (Å²) in [5, 5.41) is 8.00. The minimum absolute atomic E-state index is 0.0432. The number of carbonyl (C=O) groups is 3. The molecule has 17 heteroatoms. The normalized spacial score (nSPS) is 23.6. The first-order chi connectivity index (χ1) is 31.7. The van der Waals surface area contributed by atoms with Crippen molar-refractivity contribution in [3.8, 4) is 22.5 Å². The molecule has 3 saturated heterocycles. The van der Waals surface area contributed by atoms with Crippen LogP contribution in [-0.2, 0) is 51.0 Å². The number of methoxy groups -OCH3 is 1. The van der Waals surface area contributed by atoms with Crippen molar-refractivity contribution in [3.05, 3.63) is 52.1 Å². The highest BCUT2D eigenvalue weighted by Gasteiger charge is 2.41. The zero-order chi connectivity index (χ0) is 46.7. The molecule has 4 aliphatic heterocycles. The fourth-order valence-corrected chi connectivity index (χ4v) is 10.4. The molecule has 1 aromatic carbocycles. The van der Waals surface area contributed by atoms with E-state index in [0.717, 1.165) is 83.0 Å². The van der Waals surface area contributed by atoms with Crippen LogP contribution in [0.2, 0.25) is 0 Å². The van der Waals surface area contributed by atoms with Gasteiger partial charge >= 0.3 is 5.97 Å². The van der Waals surface area contributed by atoms with Crippen LogP contribution in [0.4, 0.5) is 5.69 Å². The predicted octanol–water partition coefficient (Wildman–Crippen LogP) is 6.07. The molecule has 3 fully saturated rings. The maximum atomic E-state index is 14.7. The number of amides is 2. The second-order valence-corrected chi connectivity index (χ2v) is 20.0. The van der Waals surface area contributed by atoms with Gasteiger partial charge in [0.05, 0.1) is 54.4 Å². The molecule has 0 spiro atoms. The van der Waals surface area contributed by atoms with E-state index in [-0.39, 0.29) is 31.3 Å².